The summed E-state index contributed by atoms with van der Waals surface area (Å²) < 4.78 is 15.0. The highest BCUT2D eigenvalue weighted by molar-refractivity contribution is 5.85. The predicted molar refractivity (Wildman–Crippen MR) is 153 cm³/mol. The number of aryl methyl sites for hydroxylation is 2. The molecule has 0 aliphatic rings. The van der Waals surface area contributed by atoms with Crippen LogP contribution in [0.25, 0.3) is 21.9 Å². The van der Waals surface area contributed by atoms with E-state index in [-0.39, 0.29) is 5.82 Å². The number of rotatable bonds is 10. The highest BCUT2D eigenvalue weighted by Gasteiger charge is 2.08. The Labute approximate surface area is 215 Å². The van der Waals surface area contributed by atoms with Crippen LogP contribution in [0.3, 0.4) is 0 Å². The van der Waals surface area contributed by atoms with E-state index in [1.165, 1.54) is 42.4 Å². The van der Waals surface area contributed by atoms with Gasteiger partial charge in [0.1, 0.15) is 5.82 Å². The molecule has 0 bridgehead atoms. The van der Waals surface area contributed by atoms with Gasteiger partial charge in [0, 0.05) is 16.5 Å². The second-order valence-corrected chi connectivity index (χ2v) is 9.49. The minimum absolute atomic E-state index is 0.0770. The summed E-state index contributed by atoms with van der Waals surface area (Å²) in [5.74, 6) is 6.42. The summed E-state index contributed by atoms with van der Waals surface area (Å²) in [6.45, 7) is 6.01. The van der Waals surface area contributed by atoms with E-state index in [0.717, 1.165) is 47.8 Å². The third kappa shape index (κ3) is 6.73. The molecule has 0 aromatic heterocycles. The third-order valence-electron chi connectivity index (χ3n) is 6.74. The molecule has 182 valence electrons. The smallest absolute Gasteiger partial charge is 0.134 e. The number of benzene rings is 4. The standard InChI is InChI=1S/C35H35F/c1-3-5-7-8-9-11-32-23-24-33-26-29(18-25-34(33)35(32)36)13-12-28-16-21-31(22-17-28)30-19-14-27(15-20-30)10-6-4-2/h4,14-26H,2-3,5-11H2,1H3. The number of halogens is 1. The Balaban J connectivity index is 1.42. The van der Waals surface area contributed by atoms with Crippen molar-refractivity contribution < 1.29 is 4.39 Å². The first kappa shape index (κ1) is 25.5. The molecule has 0 aliphatic carbocycles. The van der Waals surface area contributed by atoms with Crippen molar-refractivity contribution >= 4 is 10.8 Å². The number of unbranched alkanes of at least 4 members (excludes halogenated alkanes) is 4. The van der Waals surface area contributed by atoms with Crippen molar-refractivity contribution in [3.8, 4) is 23.0 Å². The van der Waals surface area contributed by atoms with Gasteiger partial charge < -0.3 is 0 Å². The lowest BCUT2D eigenvalue weighted by atomic mass is 9.99. The lowest BCUT2D eigenvalue weighted by molar-refractivity contribution is 0.595. The molecule has 4 rings (SSSR count). The maximum atomic E-state index is 15.0. The highest BCUT2D eigenvalue weighted by atomic mass is 19.1. The van der Waals surface area contributed by atoms with E-state index >= 15 is 4.39 Å². The molecule has 0 unspecified atom stereocenters. The molecule has 0 nitrogen and oxygen atoms in total. The van der Waals surface area contributed by atoms with Crippen LogP contribution in [0.15, 0.2) is 91.5 Å². The maximum absolute atomic E-state index is 15.0. The third-order valence-corrected chi connectivity index (χ3v) is 6.74. The summed E-state index contributed by atoms with van der Waals surface area (Å²) in [6, 6.07) is 26.8. The number of allylic oxidation sites excluding steroid dienone is 1. The van der Waals surface area contributed by atoms with Crippen molar-refractivity contribution in [2.45, 2.75) is 58.3 Å². The van der Waals surface area contributed by atoms with E-state index in [9.17, 15) is 0 Å². The Bertz CT molecular complexity index is 1350. The summed E-state index contributed by atoms with van der Waals surface area (Å²) in [5, 5.41) is 1.59. The van der Waals surface area contributed by atoms with Crippen LogP contribution in [0.1, 0.15) is 67.7 Å². The molecule has 0 N–H and O–H groups in total. The lowest BCUT2D eigenvalue weighted by Gasteiger charge is -2.07. The van der Waals surface area contributed by atoms with Gasteiger partial charge in [0.2, 0.25) is 0 Å². The molecular formula is C35H35F. The molecule has 4 aromatic carbocycles. The zero-order chi connectivity index (χ0) is 25.2. The number of hydrogen-bond donors (Lipinski definition) is 0. The molecule has 36 heavy (non-hydrogen) atoms. The fourth-order valence-corrected chi connectivity index (χ4v) is 4.55. The van der Waals surface area contributed by atoms with Gasteiger partial charge in [-0.15, -0.1) is 6.58 Å². The Hall–Kier alpha value is -3.63. The van der Waals surface area contributed by atoms with Crippen LogP contribution in [-0.2, 0) is 12.8 Å². The first-order valence-electron chi connectivity index (χ1n) is 13.2. The van der Waals surface area contributed by atoms with Gasteiger partial charge in [0.25, 0.3) is 0 Å². The van der Waals surface area contributed by atoms with Gasteiger partial charge in [0.15, 0.2) is 0 Å². The predicted octanol–water partition coefficient (Wildman–Crippen LogP) is 9.68. The van der Waals surface area contributed by atoms with E-state index in [4.69, 9.17) is 0 Å². The van der Waals surface area contributed by atoms with Crippen LogP contribution in [0, 0.1) is 17.7 Å². The number of hydrogen-bond acceptors (Lipinski definition) is 0. The summed E-state index contributed by atoms with van der Waals surface area (Å²) in [4.78, 5) is 0. The minimum Gasteiger partial charge on any atom is -0.206 e. The van der Waals surface area contributed by atoms with Crippen LogP contribution in [-0.4, -0.2) is 0 Å². The lowest BCUT2D eigenvalue weighted by Crippen LogP contribution is -1.93. The molecule has 0 saturated carbocycles. The van der Waals surface area contributed by atoms with Gasteiger partial charge in [0.05, 0.1) is 0 Å². The van der Waals surface area contributed by atoms with Crippen molar-refractivity contribution in [2.75, 3.05) is 0 Å². The molecule has 0 fully saturated rings. The van der Waals surface area contributed by atoms with Crippen molar-refractivity contribution in [1.82, 2.24) is 0 Å². The fourth-order valence-electron chi connectivity index (χ4n) is 4.55. The molecule has 0 saturated heterocycles. The zero-order valence-electron chi connectivity index (χ0n) is 21.3. The van der Waals surface area contributed by atoms with Crippen LogP contribution in [0.5, 0.6) is 0 Å². The van der Waals surface area contributed by atoms with Crippen LogP contribution in [0.4, 0.5) is 4.39 Å². The first-order valence-corrected chi connectivity index (χ1v) is 13.2. The molecule has 0 radical (unpaired) electrons. The van der Waals surface area contributed by atoms with Gasteiger partial charge in [-0.3, -0.25) is 0 Å². The number of fused-ring (bicyclic) bond motifs is 1. The van der Waals surface area contributed by atoms with Crippen molar-refractivity contribution in [3.05, 3.63) is 120 Å². The Morgan fingerprint density at radius 3 is 2.11 bits per heavy atom. The van der Waals surface area contributed by atoms with Gasteiger partial charge in [-0.1, -0.05) is 105 Å². The molecule has 0 heterocycles. The van der Waals surface area contributed by atoms with Gasteiger partial charge in [-0.05, 0) is 77.6 Å². The topological polar surface area (TPSA) is 0 Å². The van der Waals surface area contributed by atoms with E-state index in [2.05, 4.69) is 73.9 Å². The van der Waals surface area contributed by atoms with E-state index < -0.39 is 0 Å². The van der Waals surface area contributed by atoms with Crippen LogP contribution < -0.4 is 0 Å². The van der Waals surface area contributed by atoms with Gasteiger partial charge in [-0.2, -0.15) is 0 Å². The van der Waals surface area contributed by atoms with E-state index in [1.54, 1.807) is 0 Å². The van der Waals surface area contributed by atoms with Crippen LogP contribution >= 0.6 is 0 Å². The largest absolute Gasteiger partial charge is 0.206 e. The SMILES string of the molecule is C=CCCc1ccc(-c2ccc(C#Cc3ccc4c(F)c(CCCCCCC)ccc4c3)cc2)cc1. The fraction of sp³-hybridized carbons (Fsp3) is 0.257. The molecule has 0 spiro atoms. The average Bonchev–Trinajstić information content (AvgIpc) is 2.92. The Morgan fingerprint density at radius 1 is 0.722 bits per heavy atom. The van der Waals surface area contributed by atoms with E-state index in [1.807, 2.05) is 36.4 Å². The maximum Gasteiger partial charge on any atom is 0.134 e. The molecule has 4 aromatic rings. The van der Waals surface area contributed by atoms with Crippen molar-refractivity contribution in [1.29, 1.82) is 0 Å². The van der Waals surface area contributed by atoms with Gasteiger partial charge >= 0.3 is 0 Å². The summed E-state index contributed by atoms with van der Waals surface area (Å²) >= 11 is 0. The van der Waals surface area contributed by atoms with Gasteiger partial charge in [-0.25, -0.2) is 4.39 Å². The molecule has 1 heteroatoms. The molecule has 0 atom stereocenters. The quantitative estimate of drug-likeness (QED) is 0.122. The monoisotopic (exact) mass is 474 g/mol. The minimum atomic E-state index is -0.0770. The normalized spacial score (nSPS) is 10.7. The van der Waals surface area contributed by atoms with E-state index in [0.29, 0.717) is 5.39 Å². The summed E-state index contributed by atoms with van der Waals surface area (Å²) in [6.07, 6.45) is 10.7. The molecule has 0 amide bonds. The van der Waals surface area contributed by atoms with Crippen LogP contribution in [0.2, 0.25) is 0 Å². The average molecular weight is 475 g/mol. The van der Waals surface area contributed by atoms with Crippen molar-refractivity contribution in [2.24, 2.45) is 0 Å². The summed E-state index contributed by atoms with van der Waals surface area (Å²) in [7, 11) is 0. The summed E-state index contributed by atoms with van der Waals surface area (Å²) in [5.41, 5.74) is 6.39. The molecular weight excluding hydrogens is 439 g/mol. The van der Waals surface area contributed by atoms with Crippen molar-refractivity contribution in [3.63, 3.8) is 0 Å². The molecule has 0 aliphatic heterocycles. The zero-order valence-corrected chi connectivity index (χ0v) is 21.3. The second kappa shape index (κ2) is 12.9. The first-order chi connectivity index (χ1) is 17.7. The second-order valence-electron chi connectivity index (χ2n) is 9.49. The Morgan fingerprint density at radius 2 is 1.39 bits per heavy atom. The highest BCUT2D eigenvalue weighted by Crippen LogP contribution is 2.24. The Kier molecular flexibility index (Phi) is 9.12.